The number of halogens is 3. The van der Waals surface area contributed by atoms with Crippen molar-refractivity contribution in [3.05, 3.63) is 63.5 Å². The molecule has 1 spiro atoms. The van der Waals surface area contributed by atoms with Crippen LogP contribution >= 0.6 is 0 Å². The summed E-state index contributed by atoms with van der Waals surface area (Å²) >= 11 is 0. The number of carbonyl (C=O) groups excluding carboxylic acids is 1. The number of hydrogen-bond donors (Lipinski definition) is 1. The van der Waals surface area contributed by atoms with Gasteiger partial charge in [-0.05, 0) is 80.4 Å². The van der Waals surface area contributed by atoms with Gasteiger partial charge in [-0.2, -0.15) is 13.2 Å². The third kappa shape index (κ3) is 3.92. The average Bonchev–Trinajstić information content (AvgIpc) is 3.30. The number of ketones is 1. The molecule has 1 N–H and O–H groups in total. The van der Waals surface area contributed by atoms with Gasteiger partial charge in [-0.1, -0.05) is 37.8 Å². The smallest absolute Gasteiger partial charge is 0.388 e. The number of aliphatic hydroxyl groups excluding tert-OH is 1. The third-order valence-electron chi connectivity index (χ3n) is 9.25. The summed E-state index contributed by atoms with van der Waals surface area (Å²) in [6.45, 7) is 0. The molecule has 4 aliphatic rings. The quantitative estimate of drug-likeness (QED) is 0.461. The Labute approximate surface area is 204 Å². The highest BCUT2D eigenvalue weighted by atomic mass is 19.4. The third-order valence-corrected chi connectivity index (χ3v) is 9.25. The van der Waals surface area contributed by atoms with Gasteiger partial charge in [-0.3, -0.25) is 9.78 Å². The van der Waals surface area contributed by atoms with Crippen molar-refractivity contribution >= 4 is 5.78 Å². The molecule has 6 heteroatoms. The van der Waals surface area contributed by atoms with Crippen LogP contribution in [0.5, 0.6) is 0 Å². The van der Waals surface area contributed by atoms with Crippen LogP contribution in [0.3, 0.4) is 0 Å². The van der Waals surface area contributed by atoms with Crippen LogP contribution in [0.25, 0.3) is 0 Å². The Morgan fingerprint density at radius 3 is 2.11 bits per heavy atom. The standard InChI is InChI=1S/C29H32F3NO2/c30-29(31,32)20-11-9-19(10-12-20)27(35)25-23(17-7-3-8-17)24-21(33-26(25)18-5-1-2-6-18)15-28(13-4-14-28)16-22(24)34/h9-12,17-18,22,34H,1-8,13-16H2/t22-/m0/s1. The van der Waals surface area contributed by atoms with Gasteiger partial charge in [0, 0.05) is 28.3 Å². The highest BCUT2D eigenvalue weighted by Crippen LogP contribution is 2.56. The monoisotopic (exact) mass is 483 g/mol. The fraction of sp³-hybridized carbons (Fsp3) is 0.586. The molecule has 35 heavy (non-hydrogen) atoms. The first-order valence-electron chi connectivity index (χ1n) is 13.2. The van der Waals surface area contributed by atoms with Gasteiger partial charge in [0.1, 0.15) is 0 Å². The van der Waals surface area contributed by atoms with E-state index in [1.165, 1.54) is 18.6 Å². The molecule has 1 atom stereocenters. The number of aliphatic hydroxyl groups is 1. The van der Waals surface area contributed by atoms with Gasteiger partial charge in [-0.25, -0.2) is 0 Å². The minimum Gasteiger partial charge on any atom is -0.388 e. The molecule has 2 aromatic rings. The zero-order valence-corrected chi connectivity index (χ0v) is 20.0. The summed E-state index contributed by atoms with van der Waals surface area (Å²) in [6, 6.07) is 4.58. The van der Waals surface area contributed by atoms with E-state index in [0.29, 0.717) is 5.56 Å². The lowest BCUT2D eigenvalue weighted by atomic mass is 9.58. The normalized spacial score (nSPS) is 24.2. The van der Waals surface area contributed by atoms with Gasteiger partial charge in [0.25, 0.3) is 0 Å². The van der Waals surface area contributed by atoms with Gasteiger partial charge >= 0.3 is 6.18 Å². The average molecular weight is 484 g/mol. The zero-order valence-electron chi connectivity index (χ0n) is 20.0. The lowest BCUT2D eigenvalue weighted by Crippen LogP contribution is -2.39. The summed E-state index contributed by atoms with van der Waals surface area (Å²) < 4.78 is 39.4. The Balaban J connectivity index is 1.52. The SMILES string of the molecule is O=C(c1ccc(C(F)(F)F)cc1)c1c(C2CCCC2)nc2c(c1C1CCC1)[C@@H](O)CC1(CCC1)C2. The van der Waals surface area contributed by atoms with Gasteiger partial charge in [-0.15, -0.1) is 0 Å². The molecule has 3 saturated carbocycles. The number of rotatable bonds is 4. The number of carbonyl (C=O) groups is 1. The second kappa shape index (κ2) is 8.43. The minimum atomic E-state index is -4.44. The number of benzene rings is 1. The van der Waals surface area contributed by atoms with Crippen molar-refractivity contribution in [2.24, 2.45) is 5.41 Å². The number of fused-ring (bicyclic) bond motifs is 1. The predicted octanol–water partition coefficient (Wildman–Crippen LogP) is 7.41. The van der Waals surface area contributed by atoms with Crippen LogP contribution in [0.15, 0.2) is 24.3 Å². The molecule has 0 aliphatic heterocycles. The van der Waals surface area contributed by atoms with Crippen LogP contribution in [0.4, 0.5) is 13.2 Å². The second-order valence-corrected chi connectivity index (χ2v) is 11.4. The molecule has 0 bridgehead atoms. The van der Waals surface area contributed by atoms with E-state index in [1.807, 2.05) is 0 Å². The maximum atomic E-state index is 14.0. The molecule has 0 saturated heterocycles. The van der Waals surface area contributed by atoms with E-state index >= 15 is 0 Å². The first-order valence-corrected chi connectivity index (χ1v) is 13.2. The summed E-state index contributed by atoms with van der Waals surface area (Å²) in [7, 11) is 0. The minimum absolute atomic E-state index is 0.141. The van der Waals surface area contributed by atoms with E-state index in [9.17, 15) is 23.1 Å². The molecule has 1 heterocycles. The highest BCUT2D eigenvalue weighted by molar-refractivity contribution is 6.11. The van der Waals surface area contributed by atoms with Gasteiger partial charge in [0.15, 0.2) is 5.78 Å². The number of hydrogen-bond acceptors (Lipinski definition) is 3. The molecule has 1 aromatic carbocycles. The molecule has 1 aromatic heterocycles. The van der Waals surface area contributed by atoms with Crippen LogP contribution in [-0.4, -0.2) is 15.9 Å². The Kier molecular flexibility index (Phi) is 5.59. The Hall–Kier alpha value is -2.21. The lowest BCUT2D eigenvalue weighted by Gasteiger charge is -2.48. The van der Waals surface area contributed by atoms with Crippen molar-refractivity contribution < 1.29 is 23.1 Å². The molecule has 3 nitrogen and oxygen atoms in total. The molecule has 6 rings (SSSR count). The largest absolute Gasteiger partial charge is 0.416 e. The van der Waals surface area contributed by atoms with E-state index in [4.69, 9.17) is 4.98 Å². The molecular weight excluding hydrogens is 451 g/mol. The molecule has 3 fully saturated rings. The summed E-state index contributed by atoms with van der Waals surface area (Å²) in [5.74, 6) is 0.170. The van der Waals surface area contributed by atoms with Crippen molar-refractivity contribution in [3.63, 3.8) is 0 Å². The number of pyridine rings is 1. The maximum absolute atomic E-state index is 14.0. The maximum Gasteiger partial charge on any atom is 0.416 e. The van der Waals surface area contributed by atoms with Gasteiger partial charge < -0.3 is 5.11 Å². The van der Waals surface area contributed by atoms with E-state index < -0.39 is 17.8 Å². The Morgan fingerprint density at radius 2 is 1.57 bits per heavy atom. The molecule has 186 valence electrons. The summed E-state index contributed by atoms with van der Waals surface area (Å²) in [4.78, 5) is 19.2. The van der Waals surface area contributed by atoms with Crippen molar-refractivity contribution in [1.29, 1.82) is 0 Å². The Bertz CT molecular complexity index is 1140. The zero-order chi connectivity index (χ0) is 24.4. The number of nitrogens with zero attached hydrogens (tertiary/aromatic N) is 1. The summed E-state index contributed by atoms with van der Waals surface area (Å²) in [6.07, 6.45) is 7.17. The number of alkyl halides is 3. The van der Waals surface area contributed by atoms with E-state index in [2.05, 4.69) is 0 Å². The Morgan fingerprint density at radius 1 is 0.914 bits per heavy atom. The molecular formula is C29H32F3NO2. The molecule has 0 unspecified atom stereocenters. The van der Waals surface area contributed by atoms with Crippen molar-refractivity contribution in [2.75, 3.05) is 0 Å². The van der Waals surface area contributed by atoms with Crippen LogP contribution in [-0.2, 0) is 12.6 Å². The van der Waals surface area contributed by atoms with Crippen LogP contribution in [0, 0.1) is 5.41 Å². The van der Waals surface area contributed by atoms with Crippen LogP contribution < -0.4 is 0 Å². The molecule has 0 radical (unpaired) electrons. The molecule has 0 amide bonds. The van der Waals surface area contributed by atoms with E-state index in [-0.39, 0.29) is 28.6 Å². The summed E-state index contributed by atoms with van der Waals surface area (Å²) in [5, 5.41) is 11.4. The highest BCUT2D eigenvalue weighted by Gasteiger charge is 2.47. The van der Waals surface area contributed by atoms with Crippen molar-refractivity contribution in [3.8, 4) is 0 Å². The lowest BCUT2D eigenvalue weighted by molar-refractivity contribution is -0.137. The fourth-order valence-corrected chi connectivity index (χ4v) is 7.00. The van der Waals surface area contributed by atoms with E-state index in [1.54, 1.807) is 0 Å². The van der Waals surface area contributed by atoms with Crippen molar-refractivity contribution in [2.45, 2.75) is 101 Å². The van der Waals surface area contributed by atoms with Crippen LogP contribution in [0.1, 0.15) is 133 Å². The predicted molar refractivity (Wildman–Crippen MR) is 126 cm³/mol. The van der Waals surface area contributed by atoms with Gasteiger partial charge in [0.2, 0.25) is 0 Å². The topological polar surface area (TPSA) is 50.2 Å². The number of aromatic nitrogens is 1. The first kappa shape index (κ1) is 23.2. The van der Waals surface area contributed by atoms with Crippen molar-refractivity contribution in [1.82, 2.24) is 4.98 Å². The first-order chi connectivity index (χ1) is 16.8. The summed E-state index contributed by atoms with van der Waals surface area (Å²) in [5.41, 5.74) is 3.90. The fourth-order valence-electron chi connectivity index (χ4n) is 7.00. The van der Waals surface area contributed by atoms with Gasteiger partial charge in [0.05, 0.1) is 17.4 Å². The molecule has 4 aliphatic carbocycles. The van der Waals surface area contributed by atoms with Crippen LogP contribution in [0.2, 0.25) is 0 Å². The van der Waals surface area contributed by atoms with E-state index in [0.717, 1.165) is 105 Å². The second-order valence-electron chi connectivity index (χ2n) is 11.4.